The van der Waals surface area contributed by atoms with E-state index >= 15 is 0 Å². The summed E-state index contributed by atoms with van der Waals surface area (Å²) in [6.07, 6.45) is 0.823. The van der Waals surface area contributed by atoms with Crippen LogP contribution in [0.2, 0.25) is 0 Å². The summed E-state index contributed by atoms with van der Waals surface area (Å²) in [4.78, 5) is 23.6. The molecule has 1 amide bonds. The molecule has 0 aliphatic rings. The lowest BCUT2D eigenvalue weighted by atomic mass is 10.2. The fourth-order valence-electron chi connectivity index (χ4n) is 3.06. The van der Waals surface area contributed by atoms with Crippen molar-refractivity contribution in [1.29, 1.82) is 0 Å². The van der Waals surface area contributed by atoms with Crippen LogP contribution in [0.3, 0.4) is 0 Å². The summed E-state index contributed by atoms with van der Waals surface area (Å²) in [6.45, 7) is 4.78. The lowest BCUT2D eigenvalue weighted by molar-refractivity contribution is -0.143. The molecule has 0 aliphatic heterocycles. The van der Waals surface area contributed by atoms with Crippen LogP contribution in [0.25, 0.3) is 5.69 Å². The van der Waals surface area contributed by atoms with Crippen LogP contribution in [0.1, 0.15) is 31.2 Å². The van der Waals surface area contributed by atoms with E-state index in [0.29, 0.717) is 30.6 Å². The zero-order chi connectivity index (χ0) is 23.5. The number of rotatable bonds is 12. The van der Waals surface area contributed by atoms with Gasteiger partial charge in [-0.2, -0.15) is 0 Å². The number of aryl methyl sites for hydroxylation is 1. The number of carbonyl (C=O) groups excluding carboxylic acids is 2. The maximum Gasteiger partial charge on any atom is 0.305 e. The third-order valence-corrected chi connectivity index (χ3v) is 5.61. The summed E-state index contributed by atoms with van der Waals surface area (Å²) in [7, 11) is 0. The monoisotopic (exact) mass is 468 g/mol. The lowest BCUT2D eigenvalue weighted by Crippen LogP contribution is -2.26. The van der Waals surface area contributed by atoms with Gasteiger partial charge in [-0.25, -0.2) is 0 Å². The molecular weight excluding hydrogens is 440 g/mol. The minimum absolute atomic E-state index is 0.135. The van der Waals surface area contributed by atoms with Gasteiger partial charge in [0.2, 0.25) is 5.91 Å². The van der Waals surface area contributed by atoms with Gasteiger partial charge in [-0.15, -0.1) is 10.2 Å². The van der Waals surface area contributed by atoms with E-state index in [0.717, 1.165) is 17.0 Å². The predicted molar refractivity (Wildman–Crippen MR) is 126 cm³/mol. The Morgan fingerprint density at radius 3 is 2.58 bits per heavy atom. The van der Waals surface area contributed by atoms with Crippen molar-refractivity contribution in [3.8, 4) is 11.4 Å². The van der Waals surface area contributed by atoms with Gasteiger partial charge in [-0.05, 0) is 44.0 Å². The second-order valence-electron chi connectivity index (χ2n) is 7.17. The number of nitrogens with one attached hydrogen (secondary N) is 1. The molecule has 1 aromatic heterocycles. The molecule has 2 aromatic carbocycles. The van der Waals surface area contributed by atoms with Crippen molar-refractivity contribution >= 4 is 23.6 Å². The Kier molecular flexibility index (Phi) is 9.31. The Balaban J connectivity index is 1.61. The van der Waals surface area contributed by atoms with Crippen LogP contribution in [0.15, 0.2) is 59.8 Å². The minimum Gasteiger partial charge on any atom is -0.485 e. The highest BCUT2D eigenvalue weighted by molar-refractivity contribution is 7.99. The van der Waals surface area contributed by atoms with E-state index in [-0.39, 0.29) is 30.7 Å². The molecule has 0 saturated carbocycles. The van der Waals surface area contributed by atoms with Gasteiger partial charge in [-0.1, -0.05) is 48.2 Å². The van der Waals surface area contributed by atoms with Crippen LogP contribution >= 0.6 is 11.8 Å². The van der Waals surface area contributed by atoms with E-state index in [9.17, 15) is 9.59 Å². The van der Waals surface area contributed by atoms with E-state index in [2.05, 4.69) is 15.5 Å². The smallest absolute Gasteiger partial charge is 0.305 e. The van der Waals surface area contributed by atoms with E-state index in [1.165, 1.54) is 11.8 Å². The van der Waals surface area contributed by atoms with E-state index < -0.39 is 0 Å². The molecule has 33 heavy (non-hydrogen) atoms. The van der Waals surface area contributed by atoms with Crippen molar-refractivity contribution in [2.75, 3.05) is 18.9 Å². The largest absolute Gasteiger partial charge is 0.485 e. The summed E-state index contributed by atoms with van der Waals surface area (Å²) >= 11 is 1.30. The lowest BCUT2D eigenvalue weighted by Gasteiger charge is -2.12. The van der Waals surface area contributed by atoms with Crippen molar-refractivity contribution in [2.24, 2.45) is 0 Å². The number of carbonyl (C=O) groups is 2. The van der Waals surface area contributed by atoms with Gasteiger partial charge < -0.3 is 14.8 Å². The SMILES string of the molecule is CCOC(=O)CCCNC(=O)CSc1nnc(COc2ccccc2C)n1-c1ccccc1. The third kappa shape index (κ3) is 7.35. The Morgan fingerprint density at radius 2 is 1.82 bits per heavy atom. The van der Waals surface area contributed by atoms with Gasteiger partial charge in [0.15, 0.2) is 11.0 Å². The number of para-hydroxylation sites is 2. The molecule has 1 heterocycles. The fraction of sp³-hybridized carbons (Fsp3) is 0.333. The van der Waals surface area contributed by atoms with E-state index in [1.54, 1.807) is 6.92 Å². The molecule has 174 valence electrons. The molecule has 0 radical (unpaired) electrons. The molecule has 0 spiro atoms. The Bertz CT molecular complexity index is 1060. The second kappa shape index (κ2) is 12.6. The molecule has 0 saturated heterocycles. The molecule has 8 nitrogen and oxygen atoms in total. The summed E-state index contributed by atoms with van der Waals surface area (Å²) < 4.78 is 12.8. The molecule has 3 rings (SSSR count). The van der Waals surface area contributed by atoms with Gasteiger partial charge in [0.05, 0.1) is 12.4 Å². The van der Waals surface area contributed by atoms with Crippen molar-refractivity contribution in [2.45, 2.75) is 38.5 Å². The van der Waals surface area contributed by atoms with Gasteiger partial charge in [0, 0.05) is 18.7 Å². The summed E-state index contributed by atoms with van der Waals surface area (Å²) in [5.41, 5.74) is 1.93. The molecular formula is C24H28N4O4S. The van der Waals surface area contributed by atoms with Crippen LogP contribution in [0.4, 0.5) is 0 Å². The van der Waals surface area contributed by atoms with E-state index in [4.69, 9.17) is 9.47 Å². The number of amides is 1. The van der Waals surface area contributed by atoms with Gasteiger partial charge in [0.25, 0.3) is 0 Å². The number of ether oxygens (including phenoxy) is 2. The summed E-state index contributed by atoms with van der Waals surface area (Å²) in [5, 5.41) is 12.0. The first-order valence-corrected chi connectivity index (χ1v) is 11.8. The average Bonchev–Trinajstić information content (AvgIpc) is 3.23. The third-order valence-electron chi connectivity index (χ3n) is 4.68. The minimum atomic E-state index is -0.252. The molecule has 0 aliphatic carbocycles. The highest BCUT2D eigenvalue weighted by Gasteiger charge is 2.16. The molecule has 0 bridgehead atoms. The van der Waals surface area contributed by atoms with Crippen LogP contribution in [-0.4, -0.2) is 45.5 Å². The summed E-state index contributed by atoms with van der Waals surface area (Å²) in [5.74, 6) is 1.23. The highest BCUT2D eigenvalue weighted by Crippen LogP contribution is 2.24. The number of hydrogen-bond acceptors (Lipinski definition) is 7. The van der Waals surface area contributed by atoms with Crippen molar-refractivity contribution in [3.63, 3.8) is 0 Å². The standard InChI is InChI=1S/C24H28N4O4S/c1-3-31-23(30)14-9-15-25-22(29)17-33-24-27-26-21(28(24)19-11-5-4-6-12-19)16-32-20-13-8-7-10-18(20)2/h4-8,10-13H,3,9,14-17H2,1-2H3,(H,25,29). The Hall–Kier alpha value is -3.33. The number of hydrogen-bond donors (Lipinski definition) is 1. The van der Waals surface area contributed by atoms with Crippen molar-refractivity contribution in [1.82, 2.24) is 20.1 Å². The van der Waals surface area contributed by atoms with Crippen LogP contribution in [0, 0.1) is 6.92 Å². The number of thioether (sulfide) groups is 1. The maximum atomic E-state index is 12.3. The average molecular weight is 469 g/mol. The van der Waals surface area contributed by atoms with E-state index in [1.807, 2.05) is 66.1 Å². The van der Waals surface area contributed by atoms with Gasteiger partial charge in [0.1, 0.15) is 12.4 Å². The predicted octanol–water partition coefficient (Wildman–Crippen LogP) is 3.71. The van der Waals surface area contributed by atoms with Crippen molar-refractivity contribution < 1.29 is 19.1 Å². The Labute approximate surface area is 197 Å². The van der Waals surface area contributed by atoms with Gasteiger partial charge >= 0.3 is 5.97 Å². The number of benzene rings is 2. The molecule has 9 heteroatoms. The van der Waals surface area contributed by atoms with Gasteiger partial charge in [-0.3, -0.25) is 14.2 Å². The second-order valence-corrected chi connectivity index (χ2v) is 8.11. The zero-order valence-corrected chi connectivity index (χ0v) is 19.6. The molecule has 0 atom stereocenters. The first kappa shape index (κ1) is 24.3. The molecule has 0 fully saturated rings. The molecule has 1 N–H and O–H groups in total. The quantitative estimate of drug-likeness (QED) is 0.246. The number of aromatic nitrogens is 3. The Morgan fingerprint density at radius 1 is 1.06 bits per heavy atom. The van der Waals surface area contributed by atoms with Crippen LogP contribution < -0.4 is 10.1 Å². The zero-order valence-electron chi connectivity index (χ0n) is 18.8. The van der Waals surface area contributed by atoms with Crippen LogP contribution in [0.5, 0.6) is 5.75 Å². The molecule has 0 unspecified atom stereocenters. The first-order valence-electron chi connectivity index (χ1n) is 10.8. The number of nitrogens with zero attached hydrogens (tertiary/aromatic N) is 3. The maximum absolute atomic E-state index is 12.3. The topological polar surface area (TPSA) is 95.3 Å². The van der Waals surface area contributed by atoms with Crippen LogP contribution in [-0.2, 0) is 20.9 Å². The van der Waals surface area contributed by atoms with Crippen molar-refractivity contribution in [3.05, 3.63) is 66.0 Å². The first-order chi connectivity index (χ1) is 16.1. The highest BCUT2D eigenvalue weighted by atomic mass is 32.2. The number of esters is 1. The fourth-order valence-corrected chi connectivity index (χ4v) is 3.86. The summed E-state index contributed by atoms with van der Waals surface area (Å²) in [6, 6.07) is 17.5. The normalized spacial score (nSPS) is 10.6. The molecule has 3 aromatic rings.